The van der Waals surface area contributed by atoms with E-state index in [1.165, 1.54) is 5.48 Å². The Morgan fingerprint density at radius 1 is 1.38 bits per heavy atom. The number of aliphatic hydroxyl groups is 4. The topological polar surface area (TPSA) is 183 Å². The normalized spacial score (nSPS) is 35.5. The highest BCUT2D eigenvalue weighted by molar-refractivity contribution is 7.81. The van der Waals surface area contributed by atoms with Gasteiger partial charge in [0.1, 0.15) is 24.4 Å². The number of thiol groups is 1. The summed E-state index contributed by atoms with van der Waals surface area (Å²) < 4.78 is 38.7. The number of hydrogen-bond donors (Lipinski definition) is 7. The number of carbonyl (C=O) groups excluding carboxylic acids is 1. The van der Waals surface area contributed by atoms with Crippen LogP contribution in [0.15, 0.2) is 0 Å². The number of hydroxylamine groups is 1. The highest BCUT2D eigenvalue weighted by Gasteiger charge is 2.57. The molecule has 1 amide bonds. The molecule has 0 spiro atoms. The maximum Gasteiger partial charge on any atom is 0.418 e. The van der Waals surface area contributed by atoms with Gasteiger partial charge in [-0.25, -0.2) is 5.48 Å². The number of nitrogens with one attached hydrogen (secondary N) is 1. The first-order valence-electron chi connectivity index (χ1n) is 6.98. The van der Waals surface area contributed by atoms with Gasteiger partial charge < -0.3 is 25.2 Å². The molecule has 0 radical (unpaired) electrons. The van der Waals surface area contributed by atoms with E-state index in [0.29, 0.717) is 6.42 Å². The number of amides is 1. The zero-order chi connectivity index (χ0) is 18.7. The summed E-state index contributed by atoms with van der Waals surface area (Å²) in [7, 11) is -4.96. The molecule has 0 aromatic heterocycles. The molecule has 6 atom stereocenters. The highest BCUT2D eigenvalue weighted by Crippen LogP contribution is 2.41. The van der Waals surface area contributed by atoms with E-state index in [-0.39, 0.29) is 6.42 Å². The molecule has 1 aliphatic heterocycles. The van der Waals surface area contributed by atoms with Gasteiger partial charge in [-0.3, -0.25) is 9.35 Å². The van der Waals surface area contributed by atoms with Crippen molar-refractivity contribution in [3.63, 3.8) is 0 Å². The van der Waals surface area contributed by atoms with Crippen LogP contribution in [0.25, 0.3) is 0 Å². The number of ether oxygens (including phenoxy) is 1. The molecule has 24 heavy (non-hydrogen) atoms. The van der Waals surface area contributed by atoms with Gasteiger partial charge in [0.05, 0.1) is 12.5 Å². The average molecular weight is 391 g/mol. The summed E-state index contributed by atoms with van der Waals surface area (Å²) >= 11 is 4.11. The molecule has 0 aliphatic carbocycles. The molecule has 0 bridgehead atoms. The van der Waals surface area contributed by atoms with Crippen LogP contribution < -0.4 is 5.48 Å². The minimum atomic E-state index is -4.96. The van der Waals surface area contributed by atoms with Crippen LogP contribution in [0.4, 0.5) is 0 Å². The lowest BCUT2D eigenvalue weighted by atomic mass is 9.84. The monoisotopic (exact) mass is 391 g/mol. The molecule has 1 heterocycles. The molecule has 1 aliphatic rings. The summed E-state index contributed by atoms with van der Waals surface area (Å²) in [6.07, 6.45) is -6.19. The zero-order valence-electron chi connectivity index (χ0n) is 12.6. The van der Waals surface area contributed by atoms with Crippen LogP contribution in [0.2, 0.25) is 0 Å². The van der Waals surface area contributed by atoms with Crippen molar-refractivity contribution in [3.05, 3.63) is 0 Å². The maximum atomic E-state index is 12.2. The Labute approximate surface area is 143 Å². The lowest BCUT2D eigenvalue weighted by Crippen LogP contribution is -2.67. The molecule has 6 N–H and O–H groups in total. The Hall–Kier alpha value is -0.510. The lowest BCUT2D eigenvalue weighted by molar-refractivity contribution is -0.254. The van der Waals surface area contributed by atoms with Gasteiger partial charge in [-0.2, -0.15) is 8.42 Å². The van der Waals surface area contributed by atoms with Gasteiger partial charge >= 0.3 is 10.4 Å². The smallest absolute Gasteiger partial charge is 0.394 e. The van der Waals surface area contributed by atoms with Crippen LogP contribution in [0.5, 0.6) is 0 Å². The molecule has 1 saturated heterocycles. The molecule has 1 rings (SSSR count). The molecular formula is C11H21NO10S2. The van der Waals surface area contributed by atoms with Crippen molar-refractivity contribution < 1.29 is 47.2 Å². The molecule has 0 aromatic carbocycles. The van der Waals surface area contributed by atoms with Gasteiger partial charge in [0.2, 0.25) is 0 Å². The van der Waals surface area contributed by atoms with E-state index in [4.69, 9.17) is 9.29 Å². The number of rotatable bonds is 7. The van der Waals surface area contributed by atoms with Gasteiger partial charge in [-0.15, -0.1) is 16.9 Å². The predicted molar refractivity (Wildman–Crippen MR) is 80.9 cm³/mol. The van der Waals surface area contributed by atoms with Crippen LogP contribution in [0.3, 0.4) is 0 Å². The third kappa shape index (κ3) is 4.77. The number of aliphatic hydroxyl groups excluding tert-OH is 4. The molecule has 0 aromatic rings. The quantitative estimate of drug-likeness (QED) is 0.137. The Morgan fingerprint density at radius 3 is 2.42 bits per heavy atom. The number of carbonyl (C=O) groups is 1. The summed E-state index contributed by atoms with van der Waals surface area (Å²) in [6, 6.07) is 0. The third-order valence-electron chi connectivity index (χ3n) is 3.64. The summed E-state index contributed by atoms with van der Waals surface area (Å²) in [5.41, 5.74) is 1.49. The SMILES string of the molecule is CCCC(C(=O)NOS(=O)(=O)O)C1(S)O[C@H](CO)[C@@H](O)[C@H](O)[C@H]1O. The highest BCUT2D eigenvalue weighted by atomic mass is 32.3. The van der Waals surface area contributed by atoms with Crippen LogP contribution in [0.1, 0.15) is 19.8 Å². The largest absolute Gasteiger partial charge is 0.418 e. The summed E-state index contributed by atoms with van der Waals surface area (Å²) in [4.78, 5) is 10.1. The fourth-order valence-electron chi connectivity index (χ4n) is 2.45. The van der Waals surface area contributed by atoms with Crippen molar-refractivity contribution in [2.75, 3.05) is 6.61 Å². The fourth-order valence-corrected chi connectivity index (χ4v) is 3.17. The Kier molecular flexibility index (Phi) is 7.40. The first-order chi connectivity index (χ1) is 11.0. The minimum Gasteiger partial charge on any atom is -0.394 e. The summed E-state index contributed by atoms with van der Waals surface area (Å²) in [5.74, 6) is -2.46. The first kappa shape index (κ1) is 21.5. The van der Waals surface area contributed by atoms with E-state index in [9.17, 15) is 33.6 Å². The van der Waals surface area contributed by atoms with E-state index in [0.717, 1.165) is 0 Å². The van der Waals surface area contributed by atoms with Gasteiger partial charge in [0, 0.05) is 0 Å². The standard InChI is InChI=1S/C11H21NO10S2/c1-2-3-5(10(17)12-22-24(18,19)20)11(23)9(16)8(15)7(14)6(4-13)21-11/h5-9,13-16,23H,2-4H2,1H3,(H,12,17)(H,18,19,20)/t5?,6-,7-,8+,9-,11?/m1/s1. The maximum absolute atomic E-state index is 12.2. The zero-order valence-corrected chi connectivity index (χ0v) is 14.4. The van der Waals surface area contributed by atoms with E-state index in [1.807, 2.05) is 0 Å². The van der Waals surface area contributed by atoms with E-state index >= 15 is 0 Å². The van der Waals surface area contributed by atoms with Crippen LogP contribution >= 0.6 is 12.6 Å². The fraction of sp³-hybridized carbons (Fsp3) is 0.909. The van der Waals surface area contributed by atoms with Crippen LogP contribution in [-0.4, -0.2) is 75.3 Å². The summed E-state index contributed by atoms with van der Waals surface area (Å²) in [6.45, 7) is 0.945. The molecule has 1 fully saturated rings. The summed E-state index contributed by atoms with van der Waals surface area (Å²) in [5, 5.41) is 39.0. The van der Waals surface area contributed by atoms with Gasteiger partial charge in [0.15, 0.2) is 4.93 Å². The van der Waals surface area contributed by atoms with E-state index in [2.05, 4.69) is 16.9 Å². The first-order valence-corrected chi connectivity index (χ1v) is 8.80. The second kappa shape index (κ2) is 8.25. The average Bonchev–Trinajstić information content (AvgIpc) is 2.51. The Balaban J connectivity index is 3.09. The molecule has 2 unspecified atom stereocenters. The second-order valence-electron chi connectivity index (χ2n) is 5.34. The van der Waals surface area contributed by atoms with Crippen molar-refractivity contribution in [3.8, 4) is 0 Å². The van der Waals surface area contributed by atoms with Gasteiger partial charge in [-0.1, -0.05) is 13.3 Å². The lowest BCUT2D eigenvalue weighted by Gasteiger charge is -2.48. The predicted octanol–water partition coefficient (Wildman–Crippen LogP) is -2.65. The number of hydrogen-bond acceptors (Lipinski definition) is 10. The van der Waals surface area contributed by atoms with Crippen molar-refractivity contribution in [2.45, 2.75) is 49.1 Å². The second-order valence-corrected chi connectivity index (χ2v) is 7.06. The third-order valence-corrected chi connectivity index (χ3v) is 4.61. The molecule has 11 nitrogen and oxygen atoms in total. The Morgan fingerprint density at radius 2 is 1.96 bits per heavy atom. The van der Waals surface area contributed by atoms with Crippen molar-refractivity contribution in [1.29, 1.82) is 0 Å². The Bertz CT molecular complexity index is 541. The van der Waals surface area contributed by atoms with Gasteiger partial charge in [0.25, 0.3) is 5.91 Å². The van der Waals surface area contributed by atoms with E-state index < -0.39 is 58.2 Å². The van der Waals surface area contributed by atoms with Gasteiger partial charge in [-0.05, 0) is 6.42 Å². The minimum absolute atomic E-state index is 0.0161. The van der Waals surface area contributed by atoms with Crippen LogP contribution in [0, 0.1) is 5.92 Å². The van der Waals surface area contributed by atoms with Crippen molar-refractivity contribution >= 4 is 28.9 Å². The van der Waals surface area contributed by atoms with Crippen molar-refractivity contribution in [2.24, 2.45) is 5.92 Å². The molecule has 0 saturated carbocycles. The molecular weight excluding hydrogens is 370 g/mol. The van der Waals surface area contributed by atoms with Crippen molar-refractivity contribution in [1.82, 2.24) is 5.48 Å². The molecule has 13 heteroatoms. The molecule has 142 valence electrons. The van der Waals surface area contributed by atoms with E-state index in [1.54, 1.807) is 6.92 Å². The van der Waals surface area contributed by atoms with Crippen LogP contribution in [-0.2, 0) is 24.2 Å².